The summed E-state index contributed by atoms with van der Waals surface area (Å²) in [5, 5.41) is 10.9. The molecule has 8 heteroatoms. The molecule has 26 heavy (non-hydrogen) atoms. The van der Waals surface area contributed by atoms with Gasteiger partial charge in [0, 0.05) is 10.4 Å². The van der Waals surface area contributed by atoms with Crippen LogP contribution >= 0.6 is 11.3 Å². The number of nitrogens with zero attached hydrogens (tertiary/aromatic N) is 1. The third-order valence-electron chi connectivity index (χ3n) is 4.03. The molecule has 0 radical (unpaired) electrons. The van der Waals surface area contributed by atoms with Gasteiger partial charge in [0.25, 0.3) is 0 Å². The van der Waals surface area contributed by atoms with Crippen LogP contribution in [-0.2, 0) is 6.61 Å². The molecule has 3 nitrogen and oxygen atoms in total. The van der Waals surface area contributed by atoms with Gasteiger partial charge in [-0.2, -0.15) is 0 Å². The Morgan fingerprint density at radius 1 is 0.923 bits per heavy atom. The van der Waals surface area contributed by atoms with Gasteiger partial charge in [0.05, 0.1) is 28.8 Å². The maximum atomic E-state index is 14.6. The summed E-state index contributed by atoms with van der Waals surface area (Å²) in [4.78, 5) is 6.75. The molecule has 0 bridgehead atoms. The second-order valence-electron chi connectivity index (χ2n) is 5.54. The Kier molecular flexibility index (Phi) is 4.01. The molecule has 4 aromatic rings. The fraction of sp³-hybridized carbons (Fsp3) is 0.0556. The highest BCUT2D eigenvalue weighted by Crippen LogP contribution is 2.38. The molecule has 132 valence electrons. The lowest BCUT2D eigenvalue weighted by Gasteiger charge is -2.09. The van der Waals surface area contributed by atoms with E-state index in [1.807, 2.05) is 0 Å². The van der Waals surface area contributed by atoms with Gasteiger partial charge >= 0.3 is 0 Å². The standard InChI is InChI=1S/C18H10F4N2OS/c19-13-11(10-5-2-6-26-10)14(20)16(22)12(15(13)21)18-23-9-4-1-3-8(7-25)17(9)24-18/h1-6,25H,7H2,(H,23,24). The van der Waals surface area contributed by atoms with Crippen LogP contribution in [0.3, 0.4) is 0 Å². The number of halogens is 4. The molecular formula is C18H10F4N2OS. The van der Waals surface area contributed by atoms with Crippen molar-refractivity contribution in [1.82, 2.24) is 9.97 Å². The maximum Gasteiger partial charge on any atom is 0.173 e. The minimum Gasteiger partial charge on any atom is -0.392 e. The fourth-order valence-electron chi connectivity index (χ4n) is 2.81. The van der Waals surface area contributed by atoms with Crippen LogP contribution in [0.4, 0.5) is 17.6 Å². The fourth-order valence-corrected chi connectivity index (χ4v) is 3.57. The molecule has 0 amide bonds. The van der Waals surface area contributed by atoms with Gasteiger partial charge in [-0.25, -0.2) is 22.5 Å². The summed E-state index contributed by atoms with van der Waals surface area (Å²) in [6, 6.07) is 7.68. The smallest absolute Gasteiger partial charge is 0.173 e. The van der Waals surface area contributed by atoms with Crippen molar-refractivity contribution in [2.45, 2.75) is 6.61 Å². The van der Waals surface area contributed by atoms with Crippen LogP contribution in [0.5, 0.6) is 0 Å². The number of hydrogen-bond acceptors (Lipinski definition) is 3. The van der Waals surface area contributed by atoms with Crippen LogP contribution in [0.2, 0.25) is 0 Å². The van der Waals surface area contributed by atoms with Crippen molar-refractivity contribution in [3.8, 4) is 21.8 Å². The number of fused-ring (bicyclic) bond motifs is 1. The Labute approximate surface area is 148 Å². The van der Waals surface area contributed by atoms with E-state index in [1.54, 1.807) is 23.6 Å². The molecule has 0 aliphatic rings. The number of aromatic nitrogens is 2. The van der Waals surface area contributed by atoms with Crippen molar-refractivity contribution in [1.29, 1.82) is 0 Å². The van der Waals surface area contributed by atoms with Crippen LogP contribution in [0.1, 0.15) is 5.56 Å². The minimum atomic E-state index is -1.53. The molecule has 0 aliphatic heterocycles. The van der Waals surface area contributed by atoms with Gasteiger partial charge < -0.3 is 10.1 Å². The van der Waals surface area contributed by atoms with Crippen molar-refractivity contribution in [3.05, 3.63) is 64.5 Å². The number of para-hydroxylation sites is 1. The summed E-state index contributed by atoms with van der Waals surface area (Å²) in [5.74, 6) is -6.38. The van der Waals surface area contributed by atoms with Crippen molar-refractivity contribution in [3.63, 3.8) is 0 Å². The van der Waals surface area contributed by atoms with E-state index in [9.17, 15) is 22.7 Å². The van der Waals surface area contributed by atoms with E-state index in [4.69, 9.17) is 0 Å². The van der Waals surface area contributed by atoms with Gasteiger partial charge in [0.2, 0.25) is 0 Å². The van der Waals surface area contributed by atoms with Gasteiger partial charge in [-0.15, -0.1) is 11.3 Å². The van der Waals surface area contributed by atoms with Gasteiger partial charge in [-0.3, -0.25) is 0 Å². The number of nitrogens with one attached hydrogen (secondary N) is 1. The van der Waals surface area contributed by atoms with E-state index in [0.29, 0.717) is 11.1 Å². The van der Waals surface area contributed by atoms with E-state index in [1.165, 1.54) is 12.1 Å². The lowest BCUT2D eigenvalue weighted by Crippen LogP contribution is -2.03. The van der Waals surface area contributed by atoms with Crippen molar-refractivity contribution in [2.75, 3.05) is 0 Å². The van der Waals surface area contributed by atoms with Gasteiger partial charge in [-0.1, -0.05) is 18.2 Å². The topological polar surface area (TPSA) is 48.9 Å². The van der Waals surface area contributed by atoms with E-state index in [-0.39, 0.29) is 22.8 Å². The highest BCUT2D eigenvalue weighted by Gasteiger charge is 2.29. The molecule has 2 aromatic carbocycles. The summed E-state index contributed by atoms with van der Waals surface area (Å²) in [6.45, 7) is -0.341. The van der Waals surface area contributed by atoms with Crippen molar-refractivity contribution in [2.24, 2.45) is 0 Å². The Hall–Kier alpha value is -2.71. The van der Waals surface area contributed by atoms with Crippen LogP contribution in [0.25, 0.3) is 32.9 Å². The Balaban J connectivity index is 1.99. The predicted octanol–water partition coefficient (Wildman–Crippen LogP) is 5.01. The first-order valence-electron chi connectivity index (χ1n) is 7.51. The predicted molar refractivity (Wildman–Crippen MR) is 90.6 cm³/mol. The van der Waals surface area contributed by atoms with E-state index < -0.39 is 34.4 Å². The number of H-pyrrole nitrogens is 1. The molecule has 2 N–H and O–H groups in total. The largest absolute Gasteiger partial charge is 0.392 e. The second kappa shape index (κ2) is 6.22. The first-order valence-corrected chi connectivity index (χ1v) is 8.39. The van der Waals surface area contributed by atoms with E-state index in [2.05, 4.69) is 9.97 Å². The zero-order valence-electron chi connectivity index (χ0n) is 13.0. The molecule has 0 unspecified atom stereocenters. The summed E-state index contributed by atoms with van der Waals surface area (Å²) in [7, 11) is 0. The number of aliphatic hydroxyl groups is 1. The molecular weight excluding hydrogens is 368 g/mol. The molecule has 0 fully saturated rings. The second-order valence-corrected chi connectivity index (χ2v) is 6.49. The first-order chi connectivity index (χ1) is 12.5. The van der Waals surface area contributed by atoms with Crippen LogP contribution in [-0.4, -0.2) is 15.1 Å². The first kappa shape index (κ1) is 16.7. The molecule has 0 aliphatic carbocycles. The zero-order chi connectivity index (χ0) is 18.4. The normalized spacial score (nSPS) is 11.4. The van der Waals surface area contributed by atoms with Gasteiger partial charge in [-0.05, 0) is 17.5 Å². The highest BCUT2D eigenvalue weighted by molar-refractivity contribution is 7.13. The molecule has 0 spiro atoms. The molecule has 0 atom stereocenters. The van der Waals surface area contributed by atoms with Crippen molar-refractivity contribution >= 4 is 22.4 Å². The third-order valence-corrected chi connectivity index (χ3v) is 4.92. The monoisotopic (exact) mass is 378 g/mol. The SMILES string of the molecule is OCc1cccc2[nH]c(-c3c(F)c(F)c(-c4cccs4)c(F)c3F)nc12. The molecule has 0 saturated carbocycles. The number of aliphatic hydroxyl groups excluding tert-OH is 1. The summed E-state index contributed by atoms with van der Waals surface area (Å²) < 4.78 is 58.2. The molecule has 0 saturated heterocycles. The molecule has 4 rings (SSSR count). The van der Waals surface area contributed by atoms with E-state index >= 15 is 0 Å². The van der Waals surface area contributed by atoms with Gasteiger partial charge in [0.1, 0.15) is 5.82 Å². The number of aromatic amines is 1. The van der Waals surface area contributed by atoms with Crippen LogP contribution in [0.15, 0.2) is 35.7 Å². The van der Waals surface area contributed by atoms with Crippen LogP contribution < -0.4 is 0 Å². The van der Waals surface area contributed by atoms with Gasteiger partial charge in [0.15, 0.2) is 23.3 Å². The number of hydrogen-bond donors (Lipinski definition) is 2. The summed E-state index contributed by atoms with van der Waals surface area (Å²) in [6.07, 6.45) is 0. The lowest BCUT2D eigenvalue weighted by atomic mass is 10.1. The van der Waals surface area contributed by atoms with Crippen LogP contribution in [0, 0.1) is 23.3 Å². The number of imidazole rings is 1. The number of thiophene rings is 1. The quantitative estimate of drug-likeness (QED) is 0.389. The Morgan fingerprint density at radius 3 is 2.23 bits per heavy atom. The zero-order valence-corrected chi connectivity index (χ0v) is 13.8. The highest BCUT2D eigenvalue weighted by atomic mass is 32.1. The molecule has 2 aromatic heterocycles. The maximum absolute atomic E-state index is 14.6. The molecule has 2 heterocycles. The summed E-state index contributed by atoms with van der Waals surface area (Å²) in [5.41, 5.74) is -0.589. The number of benzene rings is 2. The average molecular weight is 378 g/mol. The average Bonchev–Trinajstić information content (AvgIpc) is 3.29. The van der Waals surface area contributed by atoms with E-state index in [0.717, 1.165) is 11.3 Å². The Bertz CT molecular complexity index is 1090. The lowest BCUT2D eigenvalue weighted by molar-refractivity contribution is 0.283. The Morgan fingerprint density at radius 2 is 1.62 bits per heavy atom. The third kappa shape index (κ3) is 2.41. The minimum absolute atomic E-state index is 0.0801. The number of rotatable bonds is 3. The van der Waals surface area contributed by atoms with Crippen molar-refractivity contribution < 1.29 is 22.7 Å². The summed E-state index contributed by atoms with van der Waals surface area (Å²) >= 11 is 0.968.